The number of aliphatic hydroxyl groups is 1. The van der Waals surface area contributed by atoms with Crippen LogP contribution in [0.15, 0.2) is 24.4 Å². The molecule has 0 radical (unpaired) electrons. The maximum Gasteiger partial charge on any atom is 0.253 e. The molecule has 0 bridgehead atoms. The highest BCUT2D eigenvalue weighted by Gasteiger charge is 2.39. The van der Waals surface area contributed by atoms with Crippen molar-refractivity contribution in [2.45, 2.75) is 31.8 Å². The van der Waals surface area contributed by atoms with Gasteiger partial charge in [0.1, 0.15) is 6.67 Å². The third-order valence-corrected chi connectivity index (χ3v) is 5.77. The number of anilines is 1. The number of rotatable bonds is 6. The van der Waals surface area contributed by atoms with Crippen LogP contribution in [0.1, 0.15) is 36.5 Å². The van der Waals surface area contributed by atoms with Crippen LogP contribution in [0.4, 0.5) is 10.1 Å². The molecule has 0 spiro atoms. The highest BCUT2D eigenvalue weighted by atomic mass is 35.5. The SMILES string of the molecule is CC(O)(CF)CC1(CNC(=O)c2cc(Cl)c(N)c3cccnc23)CCNCC1. The summed E-state index contributed by atoms with van der Waals surface area (Å²) in [5.74, 6) is -0.316. The minimum atomic E-state index is -1.42. The molecule has 152 valence electrons. The Balaban J connectivity index is 1.84. The van der Waals surface area contributed by atoms with E-state index in [1.165, 1.54) is 13.0 Å². The number of alkyl halides is 1. The molecular weight excluding hydrogens is 383 g/mol. The van der Waals surface area contributed by atoms with Crippen molar-refractivity contribution in [1.82, 2.24) is 15.6 Å². The average molecular weight is 409 g/mol. The number of carbonyl (C=O) groups is 1. The van der Waals surface area contributed by atoms with Crippen LogP contribution in [0.3, 0.4) is 0 Å². The predicted molar refractivity (Wildman–Crippen MR) is 109 cm³/mol. The van der Waals surface area contributed by atoms with Crippen molar-refractivity contribution in [3.63, 3.8) is 0 Å². The Morgan fingerprint density at radius 2 is 2.21 bits per heavy atom. The molecule has 2 aromatic rings. The number of nitrogens with two attached hydrogens (primary N) is 1. The lowest BCUT2D eigenvalue weighted by atomic mass is 9.71. The molecule has 0 saturated carbocycles. The molecule has 1 aromatic heterocycles. The number of piperidine rings is 1. The van der Waals surface area contributed by atoms with E-state index in [9.17, 15) is 14.3 Å². The molecule has 0 aliphatic carbocycles. The van der Waals surface area contributed by atoms with Crippen molar-refractivity contribution >= 4 is 34.1 Å². The molecule has 1 unspecified atom stereocenters. The van der Waals surface area contributed by atoms with Gasteiger partial charge < -0.3 is 21.5 Å². The molecule has 8 heteroatoms. The van der Waals surface area contributed by atoms with Crippen LogP contribution in [-0.2, 0) is 0 Å². The van der Waals surface area contributed by atoms with Gasteiger partial charge in [-0.25, -0.2) is 4.39 Å². The summed E-state index contributed by atoms with van der Waals surface area (Å²) in [5.41, 5.74) is 5.43. The molecule has 3 rings (SSSR count). The molecule has 2 heterocycles. The third-order valence-electron chi connectivity index (χ3n) is 5.46. The monoisotopic (exact) mass is 408 g/mol. The van der Waals surface area contributed by atoms with Gasteiger partial charge in [0.2, 0.25) is 0 Å². The van der Waals surface area contributed by atoms with Gasteiger partial charge in [-0.3, -0.25) is 9.78 Å². The van der Waals surface area contributed by atoms with Gasteiger partial charge in [0.25, 0.3) is 5.91 Å². The second-order valence-electron chi connectivity index (χ2n) is 7.96. The molecule has 1 aromatic carbocycles. The van der Waals surface area contributed by atoms with Gasteiger partial charge in [-0.1, -0.05) is 11.6 Å². The second-order valence-corrected chi connectivity index (χ2v) is 8.37. The van der Waals surface area contributed by atoms with Crippen molar-refractivity contribution in [3.05, 3.63) is 35.0 Å². The van der Waals surface area contributed by atoms with Crippen LogP contribution in [0.25, 0.3) is 10.9 Å². The van der Waals surface area contributed by atoms with E-state index in [-0.39, 0.29) is 17.7 Å². The number of nitrogens with one attached hydrogen (secondary N) is 2. The van der Waals surface area contributed by atoms with Gasteiger partial charge >= 0.3 is 0 Å². The largest absolute Gasteiger partial charge is 0.397 e. The van der Waals surface area contributed by atoms with Gasteiger partial charge in [-0.15, -0.1) is 0 Å². The molecule has 1 aliphatic rings. The quantitative estimate of drug-likeness (QED) is 0.550. The number of nitrogen functional groups attached to an aromatic ring is 1. The van der Waals surface area contributed by atoms with Gasteiger partial charge in [-0.05, 0) is 62.9 Å². The van der Waals surface area contributed by atoms with Crippen LogP contribution < -0.4 is 16.4 Å². The molecule has 1 aliphatic heterocycles. The number of halogens is 2. The predicted octanol–water partition coefficient (Wildman–Crippen LogP) is 2.68. The zero-order chi connectivity index (χ0) is 20.4. The van der Waals surface area contributed by atoms with Crippen molar-refractivity contribution in [2.24, 2.45) is 5.41 Å². The van der Waals surface area contributed by atoms with E-state index in [2.05, 4.69) is 15.6 Å². The zero-order valence-corrected chi connectivity index (χ0v) is 16.7. The summed E-state index contributed by atoms with van der Waals surface area (Å²) in [5, 5.41) is 17.4. The lowest BCUT2D eigenvalue weighted by molar-refractivity contribution is -0.0231. The smallest absolute Gasteiger partial charge is 0.253 e. The van der Waals surface area contributed by atoms with Crippen LogP contribution >= 0.6 is 11.6 Å². The Kier molecular flexibility index (Phi) is 6.07. The van der Waals surface area contributed by atoms with E-state index < -0.39 is 12.3 Å². The highest BCUT2D eigenvalue weighted by molar-refractivity contribution is 6.35. The van der Waals surface area contributed by atoms with Gasteiger partial charge in [0.05, 0.1) is 27.4 Å². The van der Waals surface area contributed by atoms with E-state index >= 15 is 0 Å². The summed E-state index contributed by atoms with van der Waals surface area (Å²) in [4.78, 5) is 17.2. The summed E-state index contributed by atoms with van der Waals surface area (Å²) in [7, 11) is 0. The van der Waals surface area contributed by atoms with E-state index in [0.717, 1.165) is 25.9 Å². The number of hydrogen-bond donors (Lipinski definition) is 4. The summed E-state index contributed by atoms with van der Waals surface area (Å²) < 4.78 is 13.2. The highest BCUT2D eigenvalue weighted by Crippen LogP contribution is 2.37. The Bertz CT molecular complexity index is 869. The molecule has 1 amide bonds. The topological polar surface area (TPSA) is 100 Å². The number of pyridine rings is 1. The fraction of sp³-hybridized carbons (Fsp3) is 0.500. The summed E-state index contributed by atoms with van der Waals surface area (Å²) in [6.07, 6.45) is 3.36. The first kappa shape index (κ1) is 20.8. The number of carbonyl (C=O) groups excluding carboxylic acids is 1. The maximum absolute atomic E-state index is 13.2. The van der Waals surface area contributed by atoms with Crippen molar-refractivity contribution in [1.29, 1.82) is 0 Å². The minimum Gasteiger partial charge on any atom is -0.397 e. The van der Waals surface area contributed by atoms with E-state index in [0.29, 0.717) is 33.7 Å². The summed E-state index contributed by atoms with van der Waals surface area (Å²) >= 11 is 6.20. The van der Waals surface area contributed by atoms with Gasteiger partial charge in [0.15, 0.2) is 0 Å². The first-order chi connectivity index (χ1) is 13.3. The van der Waals surface area contributed by atoms with Crippen molar-refractivity contribution in [3.8, 4) is 0 Å². The maximum atomic E-state index is 13.2. The average Bonchev–Trinajstić information content (AvgIpc) is 2.69. The Morgan fingerprint density at radius 3 is 2.89 bits per heavy atom. The second kappa shape index (κ2) is 8.19. The number of fused-ring (bicyclic) bond motifs is 1. The zero-order valence-electron chi connectivity index (χ0n) is 15.9. The molecule has 1 fully saturated rings. The summed E-state index contributed by atoms with van der Waals surface area (Å²) in [6.45, 7) is 2.53. The number of nitrogens with zero attached hydrogens (tertiary/aromatic N) is 1. The van der Waals surface area contributed by atoms with Crippen LogP contribution in [0, 0.1) is 5.41 Å². The minimum absolute atomic E-state index is 0.278. The molecule has 5 N–H and O–H groups in total. The normalized spacial score (nSPS) is 18.6. The first-order valence-electron chi connectivity index (χ1n) is 9.37. The number of hydrogen-bond acceptors (Lipinski definition) is 5. The molecule has 6 nitrogen and oxygen atoms in total. The van der Waals surface area contributed by atoms with E-state index in [1.54, 1.807) is 18.3 Å². The Hall–Kier alpha value is -1.96. The molecule has 28 heavy (non-hydrogen) atoms. The van der Waals surface area contributed by atoms with Crippen LogP contribution in [-0.4, -0.2) is 47.9 Å². The fourth-order valence-electron chi connectivity index (χ4n) is 4.00. The van der Waals surface area contributed by atoms with Crippen molar-refractivity contribution in [2.75, 3.05) is 32.0 Å². The van der Waals surface area contributed by atoms with Gasteiger partial charge in [-0.2, -0.15) is 0 Å². The van der Waals surface area contributed by atoms with Crippen LogP contribution in [0.2, 0.25) is 5.02 Å². The standard InChI is InChI=1S/C20H26ClFN4O2/c1-19(28,11-22)10-20(4-7-24-8-5-20)12-26-18(27)14-9-15(21)16(23)13-3-2-6-25-17(13)14/h2-3,6,9,24,28H,4-5,7-8,10-12,23H2,1H3,(H,26,27). The van der Waals surface area contributed by atoms with Crippen LogP contribution in [0.5, 0.6) is 0 Å². The van der Waals surface area contributed by atoms with Crippen molar-refractivity contribution < 1.29 is 14.3 Å². The number of aromatic nitrogens is 1. The van der Waals surface area contributed by atoms with E-state index in [4.69, 9.17) is 17.3 Å². The molecule has 1 saturated heterocycles. The molecular formula is C20H26ClFN4O2. The number of benzene rings is 1. The lowest BCUT2D eigenvalue weighted by Gasteiger charge is -2.41. The number of amides is 1. The third kappa shape index (κ3) is 4.37. The Morgan fingerprint density at radius 1 is 1.50 bits per heavy atom. The van der Waals surface area contributed by atoms with Gasteiger partial charge in [0, 0.05) is 18.1 Å². The fourth-order valence-corrected chi connectivity index (χ4v) is 4.21. The lowest BCUT2D eigenvalue weighted by Crippen LogP contribution is -2.49. The first-order valence-corrected chi connectivity index (χ1v) is 9.75. The van der Waals surface area contributed by atoms with E-state index in [1.807, 2.05) is 0 Å². The molecule has 1 atom stereocenters. The Labute approximate surface area is 168 Å². The summed E-state index contributed by atoms with van der Waals surface area (Å²) in [6, 6.07) is 5.03.